The number of aliphatic hydroxyl groups is 1. The average Bonchev–Trinajstić information content (AvgIpc) is 3.86. The summed E-state index contributed by atoms with van der Waals surface area (Å²) in [7, 11) is 0. The first-order chi connectivity index (χ1) is 27.9. The van der Waals surface area contributed by atoms with Crippen molar-refractivity contribution in [1.29, 1.82) is 0 Å². The highest BCUT2D eigenvalue weighted by Crippen LogP contribution is 2.34. The van der Waals surface area contributed by atoms with E-state index in [-0.39, 0.29) is 26.0 Å². The summed E-state index contributed by atoms with van der Waals surface area (Å²) >= 11 is 0. The van der Waals surface area contributed by atoms with Crippen molar-refractivity contribution in [2.24, 2.45) is 11.5 Å². The number of ether oxygens (including phenoxy) is 3. The predicted molar refractivity (Wildman–Crippen MR) is 234 cm³/mol. The smallest absolute Gasteiger partial charge is 0.323 e. The number of fused-ring (bicyclic) bond motifs is 2. The van der Waals surface area contributed by atoms with Gasteiger partial charge in [-0.15, -0.1) is 0 Å². The molecule has 9 heteroatoms. The van der Waals surface area contributed by atoms with Crippen LogP contribution in [0.15, 0.2) is 158 Å². The van der Waals surface area contributed by atoms with Crippen LogP contribution >= 0.6 is 0 Å². The first-order valence-electron chi connectivity index (χ1n) is 19.0. The van der Waals surface area contributed by atoms with Crippen LogP contribution in [0, 0.1) is 0 Å². The third kappa shape index (κ3) is 9.83. The van der Waals surface area contributed by atoms with Gasteiger partial charge in [-0.3, -0.25) is 4.79 Å². The van der Waals surface area contributed by atoms with Gasteiger partial charge in [0.25, 0.3) is 0 Å². The number of carbonyl (C=O) groups is 1. The number of carbonyl (C=O) groups excluding carboxylic acids is 1. The Morgan fingerprint density at radius 3 is 1.45 bits per heavy atom. The summed E-state index contributed by atoms with van der Waals surface area (Å²) < 4.78 is 16.8. The molecule has 0 radical (unpaired) electrons. The number of hydrogen-bond donors (Lipinski definition) is 5. The summed E-state index contributed by atoms with van der Waals surface area (Å²) in [5.74, 6) is 2.83. The van der Waals surface area contributed by atoms with Crippen LogP contribution in [0.4, 0.5) is 0 Å². The lowest BCUT2D eigenvalue weighted by atomic mass is 10.00. The third-order valence-electron chi connectivity index (χ3n) is 9.64. The maximum Gasteiger partial charge on any atom is 0.323 e. The van der Waals surface area contributed by atoms with E-state index in [4.69, 9.17) is 25.7 Å². The molecule has 0 saturated heterocycles. The number of nitrogens with two attached hydrogens (primary N) is 2. The minimum atomic E-state index is -0.679. The van der Waals surface area contributed by atoms with E-state index in [0.717, 1.165) is 78.2 Å². The van der Waals surface area contributed by atoms with E-state index in [2.05, 4.69) is 40.3 Å². The van der Waals surface area contributed by atoms with Crippen LogP contribution in [-0.2, 0) is 22.4 Å². The van der Waals surface area contributed by atoms with Gasteiger partial charge in [0.2, 0.25) is 0 Å². The average molecular weight is 775 g/mol. The molecule has 9 nitrogen and oxygen atoms in total. The van der Waals surface area contributed by atoms with Gasteiger partial charge in [0, 0.05) is 46.8 Å². The molecule has 296 valence electrons. The topological polar surface area (TPSA) is 149 Å². The molecule has 8 rings (SSSR count). The Hall–Kier alpha value is -6.65. The fourth-order valence-corrected chi connectivity index (χ4v) is 6.81. The van der Waals surface area contributed by atoms with Crippen molar-refractivity contribution in [2.75, 3.05) is 13.2 Å². The van der Waals surface area contributed by atoms with E-state index in [1.54, 1.807) is 6.92 Å². The number of rotatable bonds is 13. The summed E-state index contributed by atoms with van der Waals surface area (Å²) in [5.41, 5.74) is 20.5. The molecule has 0 bridgehead atoms. The normalized spacial score (nSPS) is 11.9. The Labute approximate surface area is 339 Å². The highest BCUT2D eigenvalue weighted by Gasteiger charge is 2.18. The second-order valence-electron chi connectivity index (χ2n) is 13.7. The lowest BCUT2D eigenvalue weighted by Gasteiger charge is -2.10. The van der Waals surface area contributed by atoms with Crippen LogP contribution in [0.5, 0.6) is 23.0 Å². The molecule has 0 saturated carbocycles. The van der Waals surface area contributed by atoms with Crippen molar-refractivity contribution < 1.29 is 24.1 Å². The van der Waals surface area contributed by atoms with E-state index >= 15 is 0 Å². The number of esters is 1. The predicted octanol–water partition coefficient (Wildman–Crippen LogP) is 10.2. The lowest BCUT2D eigenvalue weighted by molar-refractivity contribution is -0.144. The molecule has 7 N–H and O–H groups in total. The van der Waals surface area contributed by atoms with Gasteiger partial charge in [0.05, 0.1) is 24.2 Å². The number of nitrogens with one attached hydrogen (secondary N) is 2. The lowest BCUT2D eigenvalue weighted by Crippen LogP contribution is -2.34. The first-order valence-corrected chi connectivity index (χ1v) is 19.0. The fourth-order valence-electron chi connectivity index (χ4n) is 6.81. The van der Waals surface area contributed by atoms with Crippen molar-refractivity contribution in [2.45, 2.75) is 39.3 Å². The standard InChI is InChI=1S/C25H24N2O3.C23H22N2O2.CH4/c1-2-29-25(28)23(26)15-18-16-27-24-21(9-6-10-22(18)24)17-11-13-20(14-12-17)30-19-7-4-3-5-8-19;24-18(15-26)13-17-14-25-23-21(7-4-8-22(17)23)16-9-11-20(12-10-16)27-19-5-2-1-3-6-19;/h3-14,16,23,27H,2,15,26H2,1H3;1-12,14,18,25-26H,13,15,24H2;1H4. The van der Waals surface area contributed by atoms with E-state index in [1.807, 2.05) is 128 Å². The van der Waals surface area contributed by atoms with E-state index in [9.17, 15) is 9.90 Å². The van der Waals surface area contributed by atoms with E-state index in [1.165, 1.54) is 0 Å². The zero-order valence-electron chi connectivity index (χ0n) is 31.7. The maximum absolute atomic E-state index is 11.9. The number of aromatic nitrogens is 2. The number of para-hydroxylation sites is 4. The number of hydrogen-bond acceptors (Lipinski definition) is 7. The molecular weight excluding hydrogens is 725 g/mol. The molecule has 0 amide bonds. The molecule has 0 aliphatic rings. The van der Waals surface area contributed by atoms with Crippen molar-refractivity contribution in [3.05, 3.63) is 169 Å². The van der Waals surface area contributed by atoms with Gasteiger partial charge >= 0.3 is 5.97 Å². The van der Waals surface area contributed by atoms with Crippen LogP contribution in [0.3, 0.4) is 0 Å². The second kappa shape index (κ2) is 19.5. The molecule has 2 unspecified atom stereocenters. The minimum absolute atomic E-state index is 0. The highest BCUT2D eigenvalue weighted by molar-refractivity contribution is 5.97. The Morgan fingerprint density at radius 1 is 0.586 bits per heavy atom. The molecule has 0 aliphatic carbocycles. The summed E-state index contributed by atoms with van der Waals surface area (Å²) in [5, 5.41) is 11.4. The Kier molecular flexibility index (Phi) is 13.8. The maximum atomic E-state index is 11.9. The van der Waals surface area contributed by atoms with E-state index < -0.39 is 6.04 Å². The van der Waals surface area contributed by atoms with Gasteiger partial charge < -0.3 is 40.8 Å². The molecule has 2 heterocycles. The van der Waals surface area contributed by atoms with Gasteiger partial charge in [-0.2, -0.15) is 0 Å². The minimum Gasteiger partial charge on any atom is -0.465 e. The number of H-pyrrole nitrogens is 2. The molecule has 0 spiro atoms. The molecule has 8 aromatic rings. The third-order valence-corrected chi connectivity index (χ3v) is 9.64. The zero-order valence-corrected chi connectivity index (χ0v) is 31.7. The number of aromatic amines is 2. The molecule has 0 fully saturated rings. The van der Waals surface area contributed by atoms with Gasteiger partial charge in [-0.25, -0.2) is 0 Å². The van der Waals surface area contributed by atoms with Gasteiger partial charge in [-0.1, -0.05) is 104 Å². The summed E-state index contributed by atoms with van der Waals surface area (Å²) in [6.45, 7) is 2.09. The van der Waals surface area contributed by atoms with Gasteiger partial charge in [-0.05, 0) is 84.1 Å². The van der Waals surface area contributed by atoms with E-state index in [0.29, 0.717) is 19.4 Å². The fraction of sp³-hybridized carbons (Fsp3) is 0.163. The van der Waals surface area contributed by atoms with Crippen LogP contribution in [0.2, 0.25) is 0 Å². The van der Waals surface area contributed by atoms with Crippen molar-refractivity contribution in [3.8, 4) is 45.3 Å². The SMILES string of the molecule is C.CCOC(=O)C(N)Cc1c[nH]c2c(-c3ccc(Oc4ccccc4)cc3)cccc12.NC(CO)Cc1c[nH]c2c(-c3ccc(Oc4ccccc4)cc3)cccc12. The molecule has 58 heavy (non-hydrogen) atoms. The molecular formula is C49H50N4O5. The number of benzene rings is 6. The Bertz CT molecular complexity index is 2510. The first kappa shape index (κ1) is 41.0. The van der Waals surface area contributed by atoms with Crippen molar-refractivity contribution >= 4 is 27.8 Å². The quantitative estimate of drug-likeness (QED) is 0.0732. The van der Waals surface area contributed by atoms with Crippen molar-refractivity contribution in [3.63, 3.8) is 0 Å². The van der Waals surface area contributed by atoms with Crippen molar-refractivity contribution in [1.82, 2.24) is 9.97 Å². The highest BCUT2D eigenvalue weighted by atomic mass is 16.5. The molecule has 0 aliphatic heterocycles. The molecule has 2 aromatic heterocycles. The summed E-state index contributed by atoms with van der Waals surface area (Å²) in [4.78, 5) is 18.6. The van der Waals surface area contributed by atoms with Crippen LogP contribution in [0.1, 0.15) is 25.5 Å². The van der Waals surface area contributed by atoms with Crippen LogP contribution in [0.25, 0.3) is 44.1 Å². The second-order valence-corrected chi connectivity index (χ2v) is 13.7. The summed E-state index contributed by atoms with van der Waals surface area (Å²) in [6.07, 6.45) is 4.96. The van der Waals surface area contributed by atoms with Gasteiger partial charge in [0.1, 0.15) is 29.0 Å². The Balaban J connectivity index is 0.000000193. The van der Waals surface area contributed by atoms with Gasteiger partial charge in [0.15, 0.2) is 0 Å². The molecule has 2 atom stereocenters. The Morgan fingerprint density at radius 2 is 1.02 bits per heavy atom. The largest absolute Gasteiger partial charge is 0.465 e. The zero-order chi connectivity index (χ0) is 39.6. The van der Waals surface area contributed by atoms with Crippen LogP contribution < -0.4 is 20.9 Å². The monoisotopic (exact) mass is 774 g/mol. The molecule has 6 aromatic carbocycles. The summed E-state index contributed by atoms with van der Waals surface area (Å²) in [6, 6.07) is 47.0. The van der Waals surface area contributed by atoms with Crippen LogP contribution in [-0.4, -0.2) is 46.3 Å². The number of aliphatic hydroxyl groups excluding tert-OH is 1.